The van der Waals surface area contributed by atoms with Crippen molar-refractivity contribution < 1.29 is 0 Å². The highest BCUT2D eigenvalue weighted by Gasteiger charge is 1.83. The highest BCUT2D eigenvalue weighted by molar-refractivity contribution is 5.11. The predicted molar refractivity (Wildman–Crippen MR) is 64.3 cm³/mol. The number of rotatable bonds is 0. The fraction of sp³-hybridized carbons (Fsp3) is 0.429. The summed E-state index contributed by atoms with van der Waals surface area (Å²) in [4.78, 5) is 0. The smallest absolute Gasteiger partial charge is 0.0313 e. The van der Waals surface area contributed by atoms with Gasteiger partial charge in [0.2, 0.25) is 0 Å². The predicted octanol–water partition coefficient (Wildman–Crippen LogP) is 4.57. The molecule has 0 aromatic heterocycles. The van der Waals surface area contributed by atoms with Crippen LogP contribution in [0.15, 0.2) is 48.6 Å². The molecule has 0 aromatic carbocycles. The molecule has 0 unspecified atom stereocenters. The molecule has 0 aromatic rings. The van der Waals surface area contributed by atoms with Crippen molar-refractivity contribution in [3.8, 4) is 0 Å². The van der Waals surface area contributed by atoms with Crippen LogP contribution in [0, 0.1) is 0 Å². The van der Waals surface area contributed by atoms with Crippen LogP contribution >= 0.6 is 0 Å². The van der Waals surface area contributed by atoms with E-state index in [1.54, 1.807) is 0 Å². The van der Waals surface area contributed by atoms with E-state index < -0.39 is 0 Å². The van der Waals surface area contributed by atoms with E-state index in [0.29, 0.717) is 0 Å². The van der Waals surface area contributed by atoms with E-state index >= 15 is 0 Å². The van der Waals surface area contributed by atoms with Gasteiger partial charge in [-0.1, -0.05) is 48.6 Å². The van der Waals surface area contributed by atoms with E-state index in [0.717, 1.165) is 6.42 Å². The van der Waals surface area contributed by atoms with Crippen molar-refractivity contribution in [2.24, 2.45) is 0 Å². The Morgan fingerprint density at radius 3 is 1.71 bits per heavy atom. The molecule has 0 N–H and O–H groups in total. The molecule has 0 spiro atoms. The van der Waals surface area contributed by atoms with Crippen molar-refractivity contribution in [2.75, 3.05) is 0 Å². The molecule has 0 amide bonds. The van der Waals surface area contributed by atoms with Crippen LogP contribution < -0.4 is 0 Å². The molecule has 0 heteroatoms. The van der Waals surface area contributed by atoms with Gasteiger partial charge in [0, 0.05) is 0 Å². The summed E-state index contributed by atoms with van der Waals surface area (Å²) in [6.07, 6.45) is 25.0. The van der Waals surface area contributed by atoms with Crippen LogP contribution in [-0.2, 0) is 0 Å². The molecule has 0 bridgehead atoms. The molecule has 1 aliphatic rings. The lowest BCUT2D eigenvalue weighted by atomic mass is 10.1. The van der Waals surface area contributed by atoms with E-state index in [9.17, 15) is 0 Å². The second-order valence-corrected chi connectivity index (χ2v) is 3.57. The largest absolute Gasteiger partial charge is 0.0885 e. The minimum absolute atomic E-state index is 1.16. The molecule has 0 heterocycles. The van der Waals surface area contributed by atoms with Gasteiger partial charge in [-0.3, -0.25) is 0 Å². The topological polar surface area (TPSA) is 0 Å². The van der Waals surface area contributed by atoms with Gasteiger partial charge < -0.3 is 0 Å². The minimum atomic E-state index is 1.16. The first-order valence-corrected chi connectivity index (χ1v) is 5.63. The first-order valence-electron chi connectivity index (χ1n) is 5.63. The normalized spacial score (nSPS) is 26.3. The molecule has 0 nitrogen and oxygen atoms in total. The standard InChI is InChI=1S/C14H20/c1-2-4-6-8-10-12-14-13-11-9-7-5-3-1/h1-6,11,13H,7-10,12,14H2/b2-1-,5-3?,6-4+,13-11-. The lowest BCUT2D eigenvalue weighted by Crippen LogP contribution is -1.73. The Hall–Kier alpha value is -1.04. The van der Waals surface area contributed by atoms with Crippen LogP contribution in [0.5, 0.6) is 0 Å². The zero-order chi connectivity index (χ0) is 9.90. The summed E-state index contributed by atoms with van der Waals surface area (Å²) in [5.74, 6) is 0. The second-order valence-electron chi connectivity index (χ2n) is 3.57. The van der Waals surface area contributed by atoms with Crippen molar-refractivity contribution >= 4 is 0 Å². The number of allylic oxidation sites excluding steroid dienone is 8. The van der Waals surface area contributed by atoms with Gasteiger partial charge >= 0.3 is 0 Å². The molecule has 14 heavy (non-hydrogen) atoms. The summed E-state index contributed by atoms with van der Waals surface area (Å²) in [6.45, 7) is 0. The average Bonchev–Trinajstić information content (AvgIpc) is 2.22. The maximum Gasteiger partial charge on any atom is -0.0313 e. The van der Waals surface area contributed by atoms with Crippen molar-refractivity contribution in [3.63, 3.8) is 0 Å². The summed E-state index contributed by atoms with van der Waals surface area (Å²) in [6, 6.07) is 0. The van der Waals surface area contributed by atoms with Crippen LogP contribution in [0.25, 0.3) is 0 Å². The summed E-state index contributed by atoms with van der Waals surface area (Å²) in [5, 5.41) is 0. The number of hydrogen-bond acceptors (Lipinski definition) is 0. The van der Waals surface area contributed by atoms with Gasteiger partial charge in [0.1, 0.15) is 0 Å². The molecule has 0 saturated heterocycles. The van der Waals surface area contributed by atoms with Crippen molar-refractivity contribution in [2.45, 2.75) is 38.5 Å². The maximum atomic E-state index is 2.32. The van der Waals surface area contributed by atoms with Gasteiger partial charge in [0.15, 0.2) is 0 Å². The van der Waals surface area contributed by atoms with Crippen LogP contribution in [0.3, 0.4) is 0 Å². The average molecular weight is 188 g/mol. The van der Waals surface area contributed by atoms with Crippen LogP contribution in [-0.4, -0.2) is 0 Å². The van der Waals surface area contributed by atoms with E-state index in [4.69, 9.17) is 0 Å². The molecule has 1 rings (SSSR count). The van der Waals surface area contributed by atoms with Crippen LogP contribution in [0.1, 0.15) is 38.5 Å². The Kier molecular flexibility index (Phi) is 6.74. The third kappa shape index (κ3) is 6.47. The lowest BCUT2D eigenvalue weighted by Gasteiger charge is -1.93. The molecule has 76 valence electrons. The summed E-state index contributed by atoms with van der Waals surface area (Å²) >= 11 is 0. The van der Waals surface area contributed by atoms with Gasteiger partial charge in [-0.05, 0) is 38.5 Å². The van der Waals surface area contributed by atoms with Gasteiger partial charge in [0.05, 0.1) is 0 Å². The quantitative estimate of drug-likeness (QED) is 0.489. The third-order valence-electron chi connectivity index (χ3n) is 2.26. The zero-order valence-corrected chi connectivity index (χ0v) is 8.86. The molecule has 0 fully saturated rings. The molecular weight excluding hydrogens is 168 g/mol. The molecule has 0 radical (unpaired) electrons. The van der Waals surface area contributed by atoms with E-state index in [1.807, 2.05) is 0 Å². The Bertz CT molecular complexity index is 228. The van der Waals surface area contributed by atoms with Crippen molar-refractivity contribution in [1.82, 2.24) is 0 Å². The van der Waals surface area contributed by atoms with Gasteiger partial charge in [-0.15, -0.1) is 0 Å². The first-order chi connectivity index (χ1) is 7.00. The van der Waals surface area contributed by atoms with Gasteiger partial charge in [-0.25, -0.2) is 0 Å². The highest BCUT2D eigenvalue weighted by atomic mass is 13.9. The maximum absolute atomic E-state index is 2.32. The lowest BCUT2D eigenvalue weighted by molar-refractivity contribution is 0.760. The Balaban J connectivity index is 2.35. The third-order valence-corrected chi connectivity index (χ3v) is 2.26. The molecular formula is C14H20. The second kappa shape index (κ2) is 8.55. The fourth-order valence-corrected chi connectivity index (χ4v) is 1.43. The Morgan fingerprint density at radius 1 is 0.429 bits per heavy atom. The molecule has 0 atom stereocenters. The van der Waals surface area contributed by atoms with Crippen molar-refractivity contribution in [3.05, 3.63) is 48.6 Å². The zero-order valence-electron chi connectivity index (χ0n) is 8.86. The van der Waals surface area contributed by atoms with Crippen LogP contribution in [0.4, 0.5) is 0 Å². The van der Waals surface area contributed by atoms with E-state index in [1.165, 1.54) is 32.1 Å². The highest BCUT2D eigenvalue weighted by Crippen LogP contribution is 2.03. The van der Waals surface area contributed by atoms with E-state index in [2.05, 4.69) is 48.6 Å². The molecule has 0 aliphatic heterocycles. The molecule has 0 saturated carbocycles. The summed E-state index contributed by atoms with van der Waals surface area (Å²) in [5.41, 5.74) is 0. The first kappa shape index (κ1) is 11.0. The number of hydrogen-bond donors (Lipinski definition) is 0. The summed E-state index contributed by atoms with van der Waals surface area (Å²) < 4.78 is 0. The summed E-state index contributed by atoms with van der Waals surface area (Å²) in [7, 11) is 0. The minimum Gasteiger partial charge on any atom is -0.0885 e. The van der Waals surface area contributed by atoms with Gasteiger partial charge in [-0.2, -0.15) is 0 Å². The van der Waals surface area contributed by atoms with Crippen molar-refractivity contribution in [1.29, 1.82) is 0 Å². The fourth-order valence-electron chi connectivity index (χ4n) is 1.43. The Labute approximate surface area is 87.7 Å². The van der Waals surface area contributed by atoms with Crippen LogP contribution in [0.2, 0.25) is 0 Å². The van der Waals surface area contributed by atoms with E-state index in [-0.39, 0.29) is 0 Å². The van der Waals surface area contributed by atoms with Gasteiger partial charge in [0.25, 0.3) is 0 Å². The SMILES string of the molecule is C1=CCC/C=C\CCCC/C=C/C=C\1. The Morgan fingerprint density at radius 2 is 0.929 bits per heavy atom. The monoisotopic (exact) mass is 188 g/mol. The molecule has 1 aliphatic carbocycles.